The molecule has 1 aliphatic carbocycles. The van der Waals surface area contributed by atoms with Crippen LogP contribution in [-0.4, -0.2) is 48.7 Å². The highest BCUT2D eigenvalue weighted by Crippen LogP contribution is 2.43. The summed E-state index contributed by atoms with van der Waals surface area (Å²) in [6.45, 7) is -0.817. The topological polar surface area (TPSA) is 119 Å². The van der Waals surface area contributed by atoms with Crippen LogP contribution in [0.1, 0.15) is 42.5 Å². The van der Waals surface area contributed by atoms with Gasteiger partial charge in [-0.25, -0.2) is 17.6 Å². The van der Waals surface area contributed by atoms with E-state index in [9.17, 15) is 35.7 Å². The predicted octanol–water partition coefficient (Wildman–Crippen LogP) is 3.74. The lowest BCUT2D eigenvalue weighted by atomic mass is 9.84. The van der Waals surface area contributed by atoms with Gasteiger partial charge in [0, 0.05) is 26.4 Å². The van der Waals surface area contributed by atoms with Gasteiger partial charge in [-0.05, 0) is 70.2 Å². The van der Waals surface area contributed by atoms with Crippen LogP contribution in [0.2, 0.25) is 0 Å². The molecule has 1 atom stereocenters. The Morgan fingerprint density at radius 2 is 1.84 bits per heavy atom. The molecule has 3 rings (SSSR count). The van der Waals surface area contributed by atoms with Gasteiger partial charge in [-0.3, -0.25) is 4.79 Å². The molecule has 1 saturated carbocycles. The summed E-state index contributed by atoms with van der Waals surface area (Å²) in [5, 5.41) is -5.11. The number of ether oxygens (including phenoxy) is 3. The molecule has 1 aliphatic heterocycles. The summed E-state index contributed by atoms with van der Waals surface area (Å²) < 4.78 is 88.9. The maximum Gasteiger partial charge on any atom is 0.364 e. The SMILES string of the molecule is O=C1OC2(CCC(C(=O)OCCC(F)C(F)(F)S(=O)(=O)[O-])CC2)Oc2cc(I)c(I)cc21. The van der Waals surface area contributed by atoms with Crippen molar-refractivity contribution < 1.29 is 49.9 Å². The number of rotatable bonds is 6. The fourth-order valence-corrected chi connectivity index (χ4v) is 4.76. The summed E-state index contributed by atoms with van der Waals surface area (Å²) in [6.07, 6.45) is -3.68. The Hall–Kier alpha value is -0.880. The number of esters is 2. The summed E-state index contributed by atoms with van der Waals surface area (Å²) in [7, 11) is -6.17. The first-order chi connectivity index (χ1) is 14.8. The monoisotopic (exact) mass is 703 g/mol. The molecule has 1 aromatic carbocycles. The molecule has 8 nitrogen and oxygen atoms in total. The van der Waals surface area contributed by atoms with Gasteiger partial charge in [0.15, 0.2) is 16.3 Å². The molecule has 0 aromatic heterocycles. The minimum atomic E-state index is -6.17. The Bertz CT molecular complexity index is 1030. The van der Waals surface area contributed by atoms with Crippen molar-refractivity contribution in [1.29, 1.82) is 0 Å². The van der Waals surface area contributed by atoms with Crippen molar-refractivity contribution >= 4 is 67.2 Å². The molecule has 14 heteroatoms. The van der Waals surface area contributed by atoms with Crippen LogP contribution >= 0.6 is 45.2 Å². The van der Waals surface area contributed by atoms with Crippen LogP contribution in [-0.2, 0) is 24.4 Å². The highest BCUT2D eigenvalue weighted by molar-refractivity contribution is 14.1. The van der Waals surface area contributed by atoms with Crippen molar-refractivity contribution in [2.24, 2.45) is 5.92 Å². The van der Waals surface area contributed by atoms with Crippen molar-refractivity contribution in [3.63, 3.8) is 0 Å². The average Bonchev–Trinajstić information content (AvgIpc) is 2.69. The van der Waals surface area contributed by atoms with E-state index < -0.39 is 58.2 Å². The lowest BCUT2D eigenvalue weighted by molar-refractivity contribution is -0.183. The van der Waals surface area contributed by atoms with Crippen LogP contribution in [0.15, 0.2) is 12.1 Å². The number of hydrogen-bond acceptors (Lipinski definition) is 8. The molecule has 0 bridgehead atoms. The van der Waals surface area contributed by atoms with E-state index in [4.69, 9.17) is 14.2 Å². The van der Waals surface area contributed by atoms with Crippen LogP contribution in [0, 0.1) is 13.1 Å². The van der Waals surface area contributed by atoms with Gasteiger partial charge < -0.3 is 18.8 Å². The molecule has 32 heavy (non-hydrogen) atoms. The van der Waals surface area contributed by atoms with Gasteiger partial charge in [-0.1, -0.05) is 0 Å². The number of carbonyl (C=O) groups is 2. The maximum absolute atomic E-state index is 13.4. The zero-order chi connectivity index (χ0) is 23.9. The number of carbonyl (C=O) groups excluding carboxylic acids is 2. The van der Waals surface area contributed by atoms with Gasteiger partial charge in [-0.2, -0.15) is 8.78 Å². The molecule has 0 radical (unpaired) electrons. The largest absolute Gasteiger partial charge is 0.743 e. The standard InChI is InChI=1S/C18H17F3I2O8S/c19-14(18(20,21)32(26,27)28)3-6-29-15(24)9-1-4-17(5-2-9)30-13-8-12(23)11(22)7-10(13)16(25)31-17/h7-9,14H,1-6H2,(H,26,27,28)/p-1. The van der Waals surface area contributed by atoms with E-state index in [1.807, 2.05) is 0 Å². The average molecular weight is 703 g/mol. The number of hydrogen-bond donors (Lipinski definition) is 0. The van der Waals surface area contributed by atoms with E-state index in [0.29, 0.717) is 11.3 Å². The van der Waals surface area contributed by atoms with Gasteiger partial charge in [0.2, 0.25) is 0 Å². The Morgan fingerprint density at radius 3 is 2.44 bits per heavy atom. The Morgan fingerprint density at radius 1 is 1.25 bits per heavy atom. The molecule has 2 aliphatic rings. The quantitative estimate of drug-likeness (QED) is 0.250. The predicted molar refractivity (Wildman–Crippen MR) is 118 cm³/mol. The second-order valence-electron chi connectivity index (χ2n) is 7.38. The summed E-state index contributed by atoms with van der Waals surface area (Å²) in [6, 6.07) is 3.39. The van der Waals surface area contributed by atoms with E-state index in [-0.39, 0.29) is 25.7 Å². The molecule has 1 spiro atoms. The third kappa shape index (κ3) is 5.27. The van der Waals surface area contributed by atoms with Gasteiger partial charge in [0.25, 0.3) is 5.79 Å². The van der Waals surface area contributed by atoms with Crippen molar-refractivity contribution in [2.75, 3.05) is 6.61 Å². The summed E-state index contributed by atoms with van der Waals surface area (Å²) in [5.41, 5.74) is 0.305. The molecule has 1 unspecified atom stereocenters. The minimum absolute atomic E-state index is 0.179. The molecule has 0 N–H and O–H groups in total. The van der Waals surface area contributed by atoms with Crippen LogP contribution in [0.4, 0.5) is 13.2 Å². The van der Waals surface area contributed by atoms with Crippen molar-refractivity contribution in [3.05, 3.63) is 24.8 Å². The first-order valence-corrected chi connectivity index (χ1v) is 12.9. The molecular weight excluding hydrogens is 687 g/mol. The zero-order valence-electron chi connectivity index (χ0n) is 16.1. The van der Waals surface area contributed by atoms with Gasteiger partial charge in [-0.15, -0.1) is 0 Å². The third-order valence-corrected chi connectivity index (χ3v) is 8.95. The molecule has 0 saturated heterocycles. The molecular formula is C18H16F3I2O8S-. The van der Waals surface area contributed by atoms with Gasteiger partial charge in [0.1, 0.15) is 11.3 Å². The van der Waals surface area contributed by atoms with E-state index in [2.05, 4.69) is 45.2 Å². The van der Waals surface area contributed by atoms with Crippen molar-refractivity contribution in [3.8, 4) is 5.75 Å². The summed E-state index contributed by atoms with van der Waals surface area (Å²) >= 11 is 4.20. The van der Waals surface area contributed by atoms with E-state index >= 15 is 0 Å². The minimum Gasteiger partial charge on any atom is -0.743 e. The molecule has 1 heterocycles. The van der Waals surface area contributed by atoms with Crippen LogP contribution in [0.3, 0.4) is 0 Å². The number of fused-ring (bicyclic) bond motifs is 1. The smallest absolute Gasteiger partial charge is 0.364 e. The highest BCUT2D eigenvalue weighted by Gasteiger charge is 2.48. The van der Waals surface area contributed by atoms with Gasteiger partial charge in [0.05, 0.1) is 12.5 Å². The summed E-state index contributed by atoms with van der Waals surface area (Å²) in [4.78, 5) is 24.6. The van der Waals surface area contributed by atoms with Crippen molar-refractivity contribution in [1.82, 2.24) is 0 Å². The second-order valence-corrected chi connectivity index (χ2v) is 11.2. The fraction of sp³-hybridized carbons (Fsp3) is 0.556. The Balaban J connectivity index is 1.54. The number of benzene rings is 1. The number of halogens is 5. The van der Waals surface area contributed by atoms with Gasteiger partial charge >= 0.3 is 17.2 Å². The third-order valence-electron chi connectivity index (χ3n) is 5.21. The maximum atomic E-state index is 13.4. The summed E-state index contributed by atoms with van der Waals surface area (Å²) in [5.74, 6) is -2.83. The van der Waals surface area contributed by atoms with E-state index in [1.54, 1.807) is 12.1 Å². The Labute approximate surface area is 208 Å². The number of alkyl halides is 3. The zero-order valence-corrected chi connectivity index (χ0v) is 21.2. The van der Waals surface area contributed by atoms with Crippen LogP contribution in [0.25, 0.3) is 0 Å². The lowest BCUT2D eigenvalue weighted by Gasteiger charge is -2.41. The van der Waals surface area contributed by atoms with Crippen LogP contribution in [0.5, 0.6) is 5.75 Å². The van der Waals surface area contributed by atoms with E-state index in [1.165, 1.54) is 0 Å². The Kier molecular flexibility index (Phi) is 7.56. The van der Waals surface area contributed by atoms with Crippen LogP contribution < -0.4 is 4.74 Å². The second kappa shape index (κ2) is 9.40. The fourth-order valence-electron chi connectivity index (χ4n) is 3.42. The lowest BCUT2D eigenvalue weighted by Crippen LogP contribution is -2.48. The van der Waals surface area contributed by atoms with Crippen molar-refractivity contribution in [2.45, 2.75) is 49.3 Å². The molecule has 178 valence electrons. The normalized spacial score (nSPS) is 24.3. The highest BCUT2D eigenvalue weighted by atomic mass is 127. The van der Waals surface area contributed by atoms with E-state index in [0.717, 1.165) is 7.14 Å². The first-order valence-electron chi connectivity index (χ1n) is 9.31. The first kappa shape index (κ1) is 25.7. The molecule has 1 aromatic rings. The molecule has 1 fully saturated rings. The molecule has 0 amide bonds.